The van der Waals surface area contributed by atoms with Crippen LogP contribution in [-0.2, 0) is 11.8 Å². The Balaban J connectivity index is 1.15. The fourth-order valence-electron chi connectivity index (χ4n) is 5.61. The average Bonchev–Trinajstić information content (AvgIpc) is 3.42. The number of hydrogen-bond acceptors (Lipinski definition) is 6. The molecule has 5 rings (SSSR count). The summed E-state index contributed by atoms with van der Waals surface area (Å²) in [6.07, 6.45) is 9.05. The lowest BCUT2D eigenvalue weighted by Crippen LogP contribution is -2.32. The summed E-state index contributed by atoms with van der Waals surface area (Å²) < 4.78 is 7.45. The normalized spacial score (nSPS) is 28.7. The lowest BCUT2D eigenvalue weighted by atomic mass is 9.92. The zero-order chi connectivity index (χ0) is 20.5. The van der Waals surface area contributed by atoms with Crippen LogP contribution in [0.1, 0.15) is 18.4 Å². The van der Waals surface area contributed by atoms with Gasteiger partial charge in [-0.3, -0.25) is 4.68 Å². The van der Waals surface area contributed by atoms with Crippen LogP contribution in [0.15, 0.2) is 30.5 Å². The Kier molecular flexibility index (Phi) is 5.56. The fourth-order valence-corrected chi connectivity index (χ4v) is 5.61. The number of nitrogens with one attached hydrogen (secondary N) is 1. The van der Waals surface area contributed by atoms with E-state index in [1.807, 2.05) is 30.1 Å². The second kappa shape index (κ2) is 8.47. The molecule has 0 amide bonds. The van der Waals surface area contributed by atoms with Crippen LogP contribution in [0.25, 0.3) is 11.4 Å². The summed E-state index contributed by atoms with van der Waals surface area (Å²) in [5.74, 6) is 3.80. The second-order valence-electron chi connectivity index (χ2n) is 9.19. The summed E-state index contributed by atoms with van der Waals surface area (Å²) in [6.45, 7) is 8.32. The summed E-state index contributed by atoms with van der Waals surface area (Å²) in [7, 11) is 1.94. The molecule has 2 aromatic rings. The minimum absolute atomic E-state index is 0.561. The van der Waals surface area contributed by atoms with Gasteiger partial charge < -0.3 is 15.0 Å². The van der Waals surface area contributed by atoms with Crippen LogP contribution in [0, 0.1) is 30.6 Å². The fraction of sp³-hybridized carbons (Fsp3) is 0.609. The molecular weight excluding hydrogens is 376 g/mol. The minimum atomic E-state index is 0.561. The standard InChI is InChI=1S/C23H32N6O/c1-16-10-25-28(2)23(16)21-7-8-22(27-26-21)24-11-18-5-6-19-13-29(14-20(18)19)12-17-4-3-9-30-15-17/h3-4,7-8,10,17-20H,5-6,9,11-15H2,1-2H3,(H,24,27). The van der Waals surface area contributed by atoms with Gasteiger partial charge in [-0.25, -0.2) is 0 Å². The van der Waals surface area contributed by atoms with E-state index in [2.05, 4.69) is 44.6 Å². The maximum atomic E-state index is 5.60. The Labute approximate surface area is 178 Å². The molecule has 1 aliphatic carbocycles. The van der Waals surface area contributed by atoms with Gasteiger partial charge in [-0.2, -0.15) is 5.10 Å². The first kappa shape index (κ1) is 19.7. The lowest BCUT2D eigenvalue weighted by Gasteiger charge is -2.25. The molecule has 2 aromatic heterocycles. The van der Waals surface area contributed by atoms with Crippen molar-refractivity contribution in [2.75, 3.05) is 44.7 Å². The van der Waals surface area contributed by atoms with Gasteiger partial charge in [0.25, 0.3) is 0 Å². The minimum Gasteiger partial charge on any atom is -0.377 e. The van der Waals surface area contributed by atoms with Gasteiger partial charge in [0.15, 0.2) is 0 Å². The Morgan fingerprint density at radius 2 is 2.13 bits per heavy atom. The number of rotatable bonds is 6. The zero-order valence-corrected chi connectivity index (χ0v) is 18.0. The molecule has 0 radical (unpaired) electrons. The maximum Gasteiger partial charge on any atom is 0.148 e. The highest BCUT2D eigenvalue weighted by atomic mass is 16.5. The van der Waals surface area contributed by atoms with Crippen LogP contribution in [0.4, 0.5) is 5.82 Å². The molecule has 30 heavy (non-hydrogen) atoms. The Hall–Kier alpha value is -2.25. The van der Waals surface area contributed by atoms with Crippen molar-refractivity contribution in [3.63, 3.8) is 0 Å². The largest absolute Gasteiger partial charge is 0.377 e. The molecule has 160 valence electrons. The van der Waals surface area contributed by atoms with Crippen molar-refractivity contribution in [3.8, 4) is 11.4 Å². The van der Waals surface area contributed by atoms with Crippen LogP contribution in [0.5, 0.6) is 0 Å². The average molecular weight is 409 g/mol. The van der Waals surface area contributed by atoms with E-state index in [1.54, 1.807) is 0 Å². The number of aromatic nitrogens is 4. The second-order valence-corrected chi connectivity index (χ2v) is 9.19. The number of hydrogen-bond donors (Lipinski definition) is 1. The lowest BCUT2D eigenvalue weighted by molar-refractivity contribution is 0.108. The van der Waals surface area contributed by atoms with Crippen LogP contribution in [0.3, 0.4) is 0 Å². The van der Waals surface area contributed by atoms with E-state index in [9.17, 15) is 0 Å². The number of aryl methyl sites for hydroxylation is 2. The summed E-state index contributed by atoms with van der Waals surface area (Å²) in [5, 5.41) is 16.7. The van der Waals surface area contributed by atoms with Gasteiger partial charge in [0, 0.05) is 39.1 Å². The number of likely N-dealkylation sites (tertiary alicyclic amines) is 1. The van der Waals surface area contributed by atoms with Gasteiger partial charge in [-0.15, -0.1) is 10.2 Å². The molecule has 4 heterocycles. The number of fused-ring (bicyclic) bond motifs is 1. The van der Waals surface area contributed by atoms with Gasteiger partial charge >= 0.3 is 0 Å². The van der Waals surface area contributed by atoms with Crippen molar-refractivity contribution in [2.24, 2.45) is 30.7 Å². The zero-order valence-electron chi connectivity index (χ0n) is 18.0. The Morgan fingerprint density at radius 1 is 1.20 bits per heavy atom. The Bertz CT molecular complexity index is 872. The van der Waals surface area contributed by atoms with Crippen LogP contribution in [0.2, 0.25) is 0 Å². The van der Waals surface area contributed by atoms with Gasteiger partial charge in [-0.05, 0) is 55.2 Å². The molecule has 2 aliphatic heterocycles. The van der Waals surface area contributed by atoms with Crippen molar-refractivity contribution in [2.45, 2.75) is 19.8 Å². The number of ether oxygens (including phenoxy) is 1. The van der Waals surface area contributed by atoms with Crippen molar-refractivity contribution >= 4 is 5.82 Å². The van der Waals surface area contributed by atoms with Crippen molar-refractivity contribution in [1.29, 1.82) is 0 Å². The highest BCUT2D eigenvalue weighted by Crippen LogP contribution is 2.42. The third-order valence-electron chi connectivity index (χ3n) is 7.10. The van der Waals surface area contributed by atoms with Crippen LogP contribution in [-0.4, -0.2) is 64.3 Å². The summed E-state index contributed by atoms with van der Waals surface area (Å²) >= 11 is 0. The predicted octanol–water partition coefficient (Wildman–Crippen LogP) is 2.76. The quantitative estimate of drug-likeness (QED) is 0.742. The molecule has 1 saturated heterocycles. The first-order valence-corrected chi connectivity index (χ1v) is 11.2. The van der Waals surface area contributed by atoms with Crippen molar-refractivity contribution < 1.29 is 4.74 Å². The molecule has 0 spiro atoms. The molecule has 3 aliphatic rings. The van der Waals surface area contributed by atoms with Crippen molar-refractivity contribution in [1.82, 2.24) is 24.9 Å². The van der Waals surface area contributed by atoms with E-state index < -0.39 is 0 Å². The van der Waals surface area contributed by atoms with Crippen LogP contribution >= 0.6 is 0 Å². The van der Waals surface area contributed by atoms with E-state index in [4.69, 9.17) is 4.74 Å². The monoisotopic (exact) mass is 408 g/mol. The SMILES string of the molecule is Cc1cnn(C)c1-c1ccc(NCC2CCC3CN(CC4C=CCOC4)CC23)nn1. The molecule has 7 heteroatoms. The molecule has 4 atom stereocenters. The molecular formula is C23H32N6O. The van der Waals surface area contributed by atoms with Crippen molar-refractivity contribution in [3.05, 3.63) is 36.0 Å². The highest BCUT2D eigenvalue weighted by Gasteiger charge is 2.42. The summed E-state index contributed by atoms with van der Waals surface area (Å²) in [5.41, 5.74) is 3.01. The van der Waals surface area contributed by atoms with E-state index in [-0.39, 0.29) is 0 Å². The molecule has 1 N–H and O–H groups in total. The third-order valence-corrected chi connectivity index (χ3v) is 7.10. The van der Waals surface area contributed by atoms with E-state index >= 15 is 0 Å². The van der Waals surface area contributed by atoms with Gasteiger partial charge in [0.05, 0.1) is 25.1 Å². The van der Waals surface area contributed by atoms with E-state index in [0.29, 0.717) is 5.92 Å². The third kappa shape index (κ3) is 4.01. The number of nitrogens with zero attached hydrogens (tertiary/aromatic N) is 5. The topological polar surface area (TPSA) is 68.1 Å². The van der Waals surface area contributed by atoms with Gasteiger partial charge in [0.1, 0.15) is 11.5 Å². The molecule has 4 unspecified atom stereocenters. The molecule has 1 saturated carbocycles. The summed E-state index contributed by atoms with van der Waals surface area (Å²) in [4.78, 5) is 2.66. The Morgan fingerprint density at radius 3 is 2.87 bits per heavy atom. The number of anilines is 1. The highest BCUT2D eigenvalue weighted by molar-refractivity contribution is 5.59. The first-order chi connectivity index (χ1) is 14.7. The van der Waals surface area contributed by atoms with E-state index in [1.165, 1.54) is 25.9 Å². The smallest absolute Gasteiger partial charge is 0.148 e. The first-order valence-electron chi connectivity index (χ1n) is 11.2. The molecule has 0 bridgehead atoms. The molecule has 2 fully saturated rings. The van der Waals surface area contributed by atoms with E-state index in [0.717, 1.165) is 66.8 Å². The molecule has 7 nitrogen and oxygen atoms in total. The predicted molar refractivity (Wildman–Crippen MR) is 117 cm³/mol. The van der Waals surface area contributed by atoms with Gasteiger partial charge in [-0.1, -0.05) is 12.2 Å². The van der Waals surface area contributed by atoms with Crippen LogP contribution < -0.4 is 5.32 Å². The summed E-state index contributed by atoms with van der Waals surface area (Å²) in [6, 6.07) is 4.07. The maximum absolute atomic E-state index is 5.60. The van der Waals surface area contributed by atoms with Gasteiger partial charge in [0.2, 0.25) is 0 Å². The molecule has 0 aromatic carbocycles.